The standard InChI is InChI=1S/C52H54O4/c1-3-19-39(20-4-1)53-45-31-27-35-15-7-11-23-41(35)49(45)51-43-25-13-9-17-37(43)29-33-47(51)55-56-48-34-30-38-18-10-14-26-44(38)52(48)50-42-24-12-8-16-36(42)28-32-46(50)54-40-21-5-2-6-22-40/h3,8-14,16-20,23-25,27-34,36,40,42,44-46,48-50,52H,1-2,4-7,15,21-22,26H2. The molecule has 0 aromatic heterocycles. The molecule has 8 aliphatic carbocycles. The normalized spacial score (nSPS) is 33.2. The zero-order valence-corrected chi connectivity index (χ0v) is 32.3. The highest BCUT2D eigenvalue weighted by Crippen LogP contribution is 2.51. The van der Waals surface area contributed by atoms with E-state index in [1.165, 1.54) is 46.8 Å². The van der Waals surface area contributed by atoms with Gasteiger partial charge in [0.2, 0.25) is 0 Å². The zero-order valence-electron chi connectivity index (χ0n) is 32.3. The topological polar surface area (TPSA) is 36.9 Å². The minimum Gasteiger partial charge on any atom is -0.486 e. The fourth-order valence-electron chi connectivity index (χ4n) is 10.9. The van der Waals surface area contributed by atoms with Crippen LogP contribution in [0.4, 0.5) is 0 Å². The molecule has 8 aliphatic rings. The molecule has 0 bridgehead atoms. The Morgan fingerprint density at radius 2 is 1.55 bits per heavy atom. The molecule has 0 spiro atoms. The van der Waals surface area contributed by atoms with E-state index in [0.717, 1.165) is 62.0 Å². The van der Waals surface area contributed by atoms with Crippen molar-refractivity contribution in [2.75, 3.05) is 0 Å². The summed E-state index contributed by atoms with van der Waals surface area (Å²) in [5.74, 6) is 2.97. The van der Waals surface area contributed by atoms with Gasteiger partial charge in [0.1, 0.15) is 18.0 Å². The van der Waals surface area contributed by atoms with Gasteiger partial charge in [0.25, 0.3) is 0 Å². The highest BCUT2D eigenvalue weighted by atomic mass is 17.2. The summed E-state index contributed by atoms with van der Waals surface area (Å²) in [4.78, 5) is 13.8. The van der Waals surface area contributed by atoms with E-state index in [2.05, 4.69) is 146 Å². The van der Waals surface area contributed by atoms with E-state index in [4.69, 9.17) is 19.2 Å². The summed E-state index contributed by atoms with van der Waals surface area (Å²) in [5.41, 5.74) is 5.19. The molecule has 56 heavy (non-hydrogen) atoms. The molecule has 4 nitrogen and oxygen atoms in total. The maximum Gasteiger partial charge on any atom is 0.170 e. The molecule has 1 fully saturated rings. The fourth-order valence-corrected chi connectivity index (χ4v) is 10.9. The maximum atomic E-state index is 7.17. The molecule has 0 amide bonds. The van der Waals surface area contributed by atoms with Crippen LogP contribution in [-0.4, -0.2) is 24.4 Å². The molecule has 0 N–H and O–H groups in total. The number of fused-ring (bicyclic) bond motifs is 3. The molecule has 2 aromatic carbocycles. The number of hydrogen-bond donors (Lipinski definition) is 0. The van der Waals surface area contributed by atoms with Gasteiger partial charge in [0, 0.05) is 23.3 Å². The molecule has 286 valence electrons. The van der Waals surface area contributed by atoms with Crippen molar-refractivity contribution in [2.45, 2.75) is 94.5 Å². The number of benzene rings is 2. The van der Waals surface area contributed by atoms with E-state index in [0.29, 0.717) is 23.9 Å². The third kappa shape index (κ3) is 7.01. The lowest BCUT2D eigenvalue weighted by Crippen LogP contribution is -2.49. The van der Waals surface area contributed by atoms with Crippen molar-refractivity contribution < 1.29 is 19.2 Å². The number of allylic oxidation sites excluding steroid dienone is 17. The predicted octanol–water partition coefficient (Wildman–Crippen LogP) is 12.4. The lowest BCUT2D eigenvalue weighted by atomic mass is 9.59. The molecular formula is C52H54O4. The smallest absolute Gasteiger partial charge is 0.170 e. The molecule has 1 saturated carbocycles. The molecule has 9 atom stereocenters. The molecule has 10 rings (SSSR count). The van der Waals surface area contributed by atoms with Crippen molar-refractivity contribution in [3.63, 3.8) is 0 Å². The van der Waals surface area contributed by atoms with Crippen molar-refractivity contribution in [3.05, 3.63) is 174 Å². The van der Waals surface area contributed by atoms with E-state index in [9.17, 15) is 0 Å². The second-order valence-electron chi connectivity index (χ2n) is 16.9. The van der Waals surface area contributed by atoms with Crippen LogP contribution in [0.5, 0.6) is 5.75 Å². The monoisotopic (exact) mass is 742 g/mol. The van der Waals surface area contributed by atoms with Crippen LogP contribution in [0.2, 0.25) is 0 Å². The van der Waals surface area contributed by atoms with Crippen molar-refractivity contribution in [2.24, 2.45) is 29.6 Å². The molecule has 4 heteroatoms. The van der Waals surface area contributed by atoms with Crippen LogP contribution < -0.4 is 4.89 Å². The van der Waals surface area contributed by atoms with Gasteiger partial charge >= 0.3 is 0 Å². The number of hydrogen-bond acceptors (Lipinski definition) is 4. The first-order valence-electron chi connectivity index (χ1n) is 21.5. The second-order valence-corrected chi connectivity index (χ2v) is 16.9. The maximum absolute atomic E-state index is 7.17. The number of ether oxygens (including phenoxy) is 2. The molecule has 0 saturated heterocycles. The van der Waals surface area contributed by atoms with Gasteiger partial charge in [-0.1, -0.05) is 141 Å². The average Bonchev–Trinajstić information content (AvgIpc) is 3.26. The first-order valence-corrected chi connectivity index (χ1v) is 21.5. The van der Waals surface area contributed by atoms with Gasteiger partial charge in [-0.05, 0) is 109 Å². The van der Waals surface area contributed by atoms with E-state index < -0.39 is 0 Å². The summed E-state index contributed by atoms with van der Waals surface area (Å²) in [7, 11) is 0. The summed E-state index contributed by atoms with van der Waals surface area (Å²) in [6, 6.07) is 13.0. The second kappa shape index (κ2) is 16.1. The minimum atomic E-state index is -0.267. The van der Waals surface area contributed by atoms with Crippen LogP contribution in [0.3, 0.4) is 0 Å². The quantitative estimate of drug-likeness (QED) is 0.146. The van der Waals surface area contributed by atoms with Crippen molar-refractivity contribution in [3.8, 4) is 5.75 Å². The SMILES string of the molecule is C1=CCC2C(=C1)C=CC(OOc1ccc3ccccc3c1C1C3=C(C=CC1OC1=CCCC=C1)CCC=C3)C2C1C(OC2CCCCC2)C=CC2C=CC=CC21. The zero-order chi connectivity index (χ0) is 37.3. The van der Waals surface area contributed by atoms with Gasteiger partial charge in [-0.2, -0.15) is 4.89 Å². The third-order valence-corrected chi connectivity index (χ3v) is 13.6. The van der Waals surface area contributed by atoms with Crippen molar-refractivity contribution in [1.29, 1.82) is 0 Å². The molecule has 0 radical (unpaired) electrons. The predicted molar refractivity (Wildman–Crippen MR) is 226 cm³/mol. The Kier molecular flexibility index (Phi) is 10.3. The first kappa shape index (κ1) is 35.8. The highest BCUT2D eigenvalue weighted by Gasteiger charge is 2.49. The van der Waals surface area contributed by atoms with Gasteiger partial charge in [0.15, 0.2) is 5.75 Å². The molecule has 9 unspecified atom stereocenters. The first-order chi connectivity index (χ1) is 27.8. The summed E-state index contributed by atoms with van der Waals surface area (Å²) in [6.45, 7) is 0. The van der Waals surface area contributed by atoms with E-state index >= 15 is 0 Å². The summed E-state index contributed by atoms with van der Waals surface area (Å²) < 4.78 is 14.1. The van der Waals surface area contributed by atoms with Gasteiger partial charge in [-0.15, -0.1) is 0 Å². The van der Waals surface area contributed by atoms with Crippen LogP contribution in [-0.2, 0) is 14.4 Å². The Bertz CT molecular complexity index is 2140. The Morgan fingerprint density at radius 1 is 0.661 bits per heavy atom. The van der Waals surface area contributed by atoms with Gasteiger partial charge in [-0.3, -0.25) is 0 Å². The van der Waals surface area contributed by atoms with E-state index in [1.54, 1.807) is 0 Å². The van der Waals surface area contributed by atoms with Gasteiger partial charge < -0.3 is 14.4 Å². The molecule has 0 aliphatic heterocycles. The van der Waals surface area contributed by atoms with E-state index in [-0.39, 0.29) is 36.1 Å². The van der Waals surface area contributed by atoms with E-state index in [1.807, 2.05) is 0 Å². The molecule has 2 aromatic rings. The number of rotatable bonds is 9. The van der Waals surface area contributed by atoms with Gasteiger partial charge in [0.05, 0.1) is 18.1 Å². The van der Waals surface area contributed by atoms with Crippen LogP contribution in [0.15, 0.2) is 168 Å². The summed E-state index contributed by atoms with van der Waals surface area (Å²) in [6.07, 6.45) is 52.3. The molecular weight excluding hydrogens is 689 g/mol. The van der Waals surface area contributed by atoms with Crippen LogP contribution in [0, 0.1) is 29.6 Å². The lowest BCUT2D eigenvalue weighted by Gasteiger charge is -2.49. The Morgan fingerprint density at radius 3 is 2.48 bits per heavy atom. The largest absolute Gasteiger partial charge is 0.486 e. The minimum absolute atomic E-state index is 0.0139. The van der Waals surface area contributed by atoms with Crippen LogP contribution in [0.1, 0.15) is 75.7 Å². The van der Waals surface area contributed by atoms with Crippen molar-refractivity contribution in [1.82, 2.24) is 0 Å². The Hall–Kier alpha value is -4.64. The van der Waals surface area contributed by atoms with Crippen LogP contribution in [0.25, 0.3) is 10.8 Å². The van der Waals surface area contributed by atoms with Gasteiger partial charge in [-0.25, -0.2) is 0 Å². The lowest BCUT2D eigenvalue weighted by molar-refractivity contribution is -0.257. The summed E-state index contributed by atoms with van der Waals surface area (Å²) >= 11 is 0. The van der Waals surface area contributed by atoms with Crippen molar-refractivity contribution >= 4 is 10.8 Å². The Balaban J connectivity index is 1.03. The average molecular weight is 743 g/mol. The van der Waals surface area contributed by atoms with Crippen LogP contribution >= 0.6 is 0 Å². The Labute approximate surface area is 332 Å². The molecule has 0 heterocycles. The summed E-state index contributed by atoms with van der Waals surface area (Å²) in [5, 5.41) is 2.35. The highest BCUT2D eigenvalue weighted by molar-refractivity contribution is 5.89. The third-order valence-electron chi connectivity index (χ3n) is 13.6. The fraction of sp³-hybridized carbons (Fsp3) is 0.385.